The predicted octanol–water partition coefficient (Wildman–Crippen LogP) is 6.02. The van der Waals surface area contributed by atoms with Gasteiger partial charge in [-0.05, 0) is 53.5 Å². The number of aryl methyl sites for hydroxylation is 1. The molecular formula is C28H34N2O3. The van der Waals surface area contributed by atoms with Crippen LogP contribution in [0.2, 0.25) is 0 Å². The van der Waals surface area contributed by atoms with Crippen LogP contribution in [-0.2, 0) is 11.8 Å². The Labute approximate surface area is 196 Å². The maximum atomic E-state index is 13.3. The molecule has 3 atom stereocenters. The monoisotopic (exact) mass is 446 g/mol. The summed E-state index contributed by atoms with van der Waals surface area (Å²) in [6.45, 7) is 7.11. The lowest BCUT2D eigenvalue weighted by molar-refractivity contribution is -0.0432. The van der Waals surface area contributed by atoms with Crippen LogP contribution in [0.1, 0.15) is 58.1 Å². The van der Waals surface area contributed by atoms with Gasteiger partial charge in [-0.3, -0.25) is 4.79 Å². The molecular weight excluding hydrogens is 412 g/mol. The van der Waals surface area contributed by atoms with Crippen LogP contribution in [-0.4, -0.2) is 27.7 Å². The normalized spacial score (nSPS) is 23.8. The molecule has 0 bridgehead atoms. The van der Waals surface area contributed by atoms with E-state index in [9.17, 15) is 9.59 Å². The number of pyridine rings is 1. The third kappa shape index (κ3) is 4.41. The second kappa shape index (κ2) is 9.42. The van der Waals surface area contributed by atoms with Crippen LogP contribution in [0, 0.1) is 5.92 Å². The second-order valence-electron chi connectivity index (χ2n) is 9.26. The molecule has 1 aromatic heterocycles. The summed E-state index contributed by atoms with van der Waals surface area (Å²) < 4.78 is 7.77. The molecule has 5 heteroatoms. The molecule has 0 spiro atoms. The maximum absolute atomic E-state index is 13.3. The number of benzene rings is 1. The fourth-order valence-corrected chi connectivity index (χ4v) is 5.22. The zero-order chi connectivity index (χ0) is 23.6. The number of cyclic esters (lactones) is 1. The minimum Gasteiger partial charge on any atom is -0.438 e. The summed E-state index contributed by atoms with van der Waals surface area (Å²) in [6, 6.07) is 11.7. The molecule has 2 aliphatic rings. The molecule has 1 amide bonds. The lowest BCUT2D eigenvalue weighted by atomic mass is 9.76. The number of hydrogen-bond acceptors (Lipinski definition) is 3. The van der Waals surface area contributed by atoms with Gasteiger partial charge in [0.15, 0.2) is 0 Å². The number of nitrogens with zero attached hydrogens (tertiary/aromatic N) is 2. The van der Waals surface area contributed by atoms with Crippen molar-refractivity contribution < 1.29 is 9.53 Å². The van der Waals surface area contributed by atoms with Crippen LogP contribution < -0.4 is 5.56 Å². The van der Waals surface area contributed by atoms with E-state index in [1.807, 2.05) is 23.1 Å². The fraction of sp³-hybridized carbons (Fsp3) is 0.429. The molecule has 1 fully saturated rings. The van der Waals surface area contributed by atoms with E-state index < -0.39 is 5.60 Å². The Morgan fingerprint density at radius 3 is 2.48 bits per heavy atom. The van der Waals surface area contributed by atoms with Gasteiger partial charge < -0.3 is 14.2 Å². The number of hydrogen-bond donors (Lipinski definition) is 0. The number of aromatic nitrogens is 1. The first-order valence-electron chi connectivity index (χ1n) is 12.0. The van der Waals surface area contributed by atoms with Gasteiger partial charge in [0.2, 0.25) is 0 Å². The van der Waals surface area contributed by atoms with Crippen LogP contribution >= 0.6 is 0 Å². The number of ether oxygens (including phenoxy) is 1. The summed E-state index contributed by atoms with van der Waals surface area (Å²) in [5, 5.41) is 0. The highest BCUT2D eigenvalue weighted by atomic mass is 16.6. The van der Waals surface area contributed by atoms with Crippen molar-refractivity contribution in [2.45, 2.75) is 58.1 Å². The number of rotatable bonds is 6. The van der Waals surface area contributed by atoms with E-state index in [0.29, 0.717) is 12.5 Å². The van der Waals surface area contributed by atoms with Crippen LogP contribution in [0.15, 0.2) is 71.2 Å². The van der Waals surface area contributed by atoms with Gasteiger partial charge in [0.05, 0.1) is 6.04 Å². The zero-order valence-electron chi connectivity index (χ0n) is 20.1. The molecule has 5 nitrogen and oxygen atoms in total. The molecule has 1 saturated heterocycles. The van der Waals surface area contributed by atoms with Gasteiger partial charge >= 0.3 is 6.09 Å². The molecule has 0 N–H and O–H groups in total. The second-order valence-corrected chi connectivity index (χ2v) is 9.26. The Bertz CT molecular complexity index is 1130. The quantitative estimate of drug-likeness (QED) is 0.545. The summed E-state index contributed by atoms with van der Waals surface area (Å²) in [4.78, 5) is 27.1. The summed E-state index contributed by atoms with van der Waals surface area (Å²) in [5.41, 5.74) is 3.68. The van der Waals surface area contributed by atoms with Crippen molar-refractivity contribution in [2.75, 3.05) is 6.54 Å². The van der Waals surface area contributed by atoms with Crippen molar-refractivity contribution in [3.05, 3.63) is 82.3 Å². The Hall–Kier alpha value is -3.08. The predicted molar refractivity (Wildman–Crippen MR) is 132 cm³/mol. The minimum absolute atomic E-state index is 0.0311. The van der Waals surface area contributed by atoms with Gasteiger partial charge in [-0.15, -0.1) is 0 Å². The molecule has 4 rings (SSSR count). The molecule has 174 valence electrons. The lowest BCUT2D eigenvalue weighted by Gasteiger charge is -2.46. The smallest absolute Gasteiger partial charge is 0.411 e. The molecule has 1 aliphatic heterocycles. The number of carbonyl (C=O) groups excluding carboxylic acids is 1. The Morgan fingerprint density at radius 2 is 1.88 bits per heavy atom. The van der Waals surface area contributed by atoms with E-state index in [1.54, 1.807) is 23.9 Å². The van der Waals surface area contributed by atoms with E-state index in [0.717, 1.165) is 42.4 Å². The molecule has 2 aromatic rings. The summed E-state index contributed by atoms with van der Waals surface area (Å²) in [5.74, 6) is 0.388. The molecule has 1 unspecified atom stereocenters. The fourth-order valence-electron chi connectivity index (χ4n) is 5.22. The third-order valence-corrected chi connectivity index (χ3v) is 7.30. The maximum Gasteiger partial charge on any atom is 0.411 e. The average Bonchev–Trinajstić information content (AvgIpc) is 2.83. The van der Waals surface area contributed by atoms with Gasteiger partial charge in [0.25, 0.3) is 5.56 Å². The Balaban J connectivity index is 1.54. The van der Waals surface area contributed by atoms with Crippen molar-refractivity contribution in [3.63, 3.8) is 0 Å². The number of amides is 1. The minimum atomic E-state index is -0.501. The summed E-state index contributed by atoms with van der Waals surface area (Å²) in [6.07, 6.45) is 11.4. The van der Waals surface area contributed by atoms with E-state index in [2.05, 4.69) is 51.1 Å². The van der Waals surface area contributed by atoms with Gasteiger partial charge in [-0.1, -0.05) is 63.3 Å². The summed E-state index contributed by atoms with van der Waals surface area (Å²) in [7, 11) is 1.74. The molecule has 0 radical (unpaired) electrons. The Kier molecular flexibility index (Phi) is 6.59. The van der Waals surface area contributed by atoms with Gasteiger partial charge in [-0.25, -0.2) is 4.79 Å². The number of carbonyl (C=O) groups is 1. The van der Waals surface area contributed by atoms with Crippen LogP contribution in [0.5, 0.6) is 0 Å². The van der Waals surface area contributed by atoms with E-state index in [-0.39, 0.29) is 17.7 Å². The van der Waals surface area contributed by atoms with Crippen molar-refractivity contribution in [1.82, 2.24) is 9.47 Å². The zero-order valence-corrected chi connectivity index (χ0v) is 20.1. The third-order valence-electron chi connectivity index (χ3n) is 7.30. The first-order chi connectivity index (χ1) is 15.9. The SMILES string of the molecule is CC[C@@H](c1ccc(-c2ccn(C)c(=O)c2)cc1)N1CC[C@](CC)(C2=CC=CCC2C)OC1=O. The van der Waals surface area contributed by atoms with Crippen molar-refractivity contribution in [1.29, 1.82) is 0 Å². The van der Waals surface area contributed by atoms with Gasteiger partial charge in [0.1, 0.15) is 5.60 Å². The van der Waals surface area contributed by atoms with E-state index in [1.165, 1.54) is 5.57 Å². The van der Waals surface area contributed by atoms with Crippen LogP contribution in [0.3, 0.4) is 0 Å². The topological polar surface area (TPSA) is 51.5 Å². The standard InChI is InChI=1S/C28H34N2O3/c1-5-25(22-13-11-21(12-14-22)23-15-17-29(4)26(31)19-23)30-18-16-28(6-2,33-27(30)32)24-10-8-7-9-20(24)3/h7-8,10-15,17,19-20,25H,5-6,9,16,18H2,1-4H3/t20?,25-,28+/m0/s1. The van der Waals surface area contributed by atoms with Crippen LogP contribution in [0.4, 0.5) is 4.79 Å². The Morgan fingerprint density at radius 1 is 1.12 bits per heavy atom. The van der Waals surface area contributed by atoms with Crippen LogP contribution in [0.25, 0.3) is 11.1 Å². The summed E-state index contributed by atoms with van der Waals surface area (Å²) >= 11 is 0. The highest BCUT2D eigenvalue weighted by Crippen LogP contribution is 2.42. The van der Waals surface area contributed by atoms with Crippen molar-refractivity contribution in [3.8, 4) is 11.1 Å². The highest BCUT2D eigenvalue weighted by Gasteiger charge is 2.45. The first kappa shape index (κ1) is 23.1. The molecule has 0 saturated carbocycles. The molecule has 1 aliphatic carbocycles. The van der Waals surface area contributed by atoms with Crippen molar-refractivity contribution >= 4 is 6.09 Å². The molecule has 1 aromatic carbocycles. The van der Waals surface area contributed by atoms with E-state index >= 15 is 0 Å². The van der Waals surface area contributed by atoms with Gasteiger partial charge in [0, 0.05) is 32.3 Å². The van der Waals surface area contributed by atoms with E-state index in [4.69, 9.17) is 4.74 Å². The lowest BCUT2D eigenvalue weighted by Crippen LogP contribution is -2.52. The highest BCUT2D eigenvalue weighted by molar-refractivity contribution is 5.71. The van der Waals surface area contributed by atoms with Gasteiger partial charge in [-0.2, -0.15) is 0 Å². The molecule has 33 heavy (non-hydrogen) atoms. The van der Waals surface area contributed by atoms with Crippen molar-refractivity contribution in [2.24, 2.45) is 13.0 Å². The first-order valence-corrected chi connectivity index (χ1v) is 12.0. The largest absolute Gasteiger partial charge is 0.438 e. The number of allylic oxidation sites excluding steroid dienone is 3. The molecule has 2 heterocycles. The average molecular weight is 447 g/mol.